The van der Waals surface area contributed by atoms with Gasteiger partial charge in [0.05, 0.1) is 0 Å². The van der Waals surface area contributed by atoms with Gasteiger partial charge in [-0.05, 0) is 29.5 Å². The van der Waals surface area contributed by atoms with Crippen LogP contribution in [0.25, 0.3) is 10.9 Å². The molecule has 1 amide bonds. The molecule has 0 aliphatic carbocycles. The Labute approximate surface area is 110 Å². The quantitative estimate of drug-likeness (QED) is 0.786. The molecule has 5 nitrogen and oxygen atoms in total. The van der Waals surface area contributed by atoms with E-state index >= 15 is 0 Å². The Morgan fingerprint density at radius 3 is 2.63 bits per heavy atom. The molecule has 0 spiro atoms. The number of benzene rings is 1. The largest absolute Gasteiger partial charge is 0.480 e. The van der Waals surface area contributed by atoms with E-state index in [1.807, 2.05) is 12.1 Å². The summed E-state index contributed by atoms with van der Waals surface area (Å²) in [5.41, 5.74) is 1.30. The smallest absolute Gasteiger partial charge is 0.326 e. The van der Waals surface area contributed by atoms with E-state index in [1.165, 1.54) is 0 Å². The van der Waals surface area contributed by atoms with Crippen molar-refractivity contribution in [2.24, 2.45) is 5.92 Å². The number of amides is 1. The van der Waals surface area contributed by atoms with Gasteiger partial charge in [-0.3, -0.25) is 4.79 Å². The van der Waals surface area contributed by atoms with Crippen molar-refractivity contribution in [1.29, 1.82) is 0 Å². The molecule has 0 bridgehead atoms. The van der Waals surface area contributed by atoms with Gasteiger partial charge in [-0.2, -0.15) is 0 Å². The molecule has 2 aromatic rings. The van der Waals surface area contributed by atoms with E-state index in [0.717, 1.165) is 10.9 Å². The number of carbonyl (C=O) groups excluding carboxylic acids is 1. The number of carboxylic acids is 1. The van der Waals surface area contributed by atoms with Gasteiger partial charge < -0.3 is 15.4 Å². The highest BCUT2D eigenvalue weighted by molar-refractivity contribution is 5.99. The van der Waals surface area contributed by atoms with Crippen LogP contribution in [0.3, 0.4) is 0 Å². The molecule has 0 fully saturated rings. The second-order valence-electron chi connectivity index (χ2n) is 4.81. The summed E-state index contributed by atoms with van der Waals surface area (Å²) in [5, 5.41) is 12.6. The lowest BCUT2D eigenvalue weighted by Gasteiger charge is -2.17. The van der Waals surface area contributed by atoms with Crippen LogP contribution in [0.15, 0.2) is 30.5 Å². The number of rotatable bonds is 4. The Balaban J connectivity index is 2.21. The van der Waals surface area contributed by atoms with Crippen LogP contribution in [0.4, 0.5) is 0 Å². The lowest BCUT2D eigenvalue weighted by molar-refractivity contribution is -0.140. The Bertz CT molecular complexity index is 616. The van der Waals surface area contributed by atoms with Gasteiger partial charge in [0.1, 0.15) is 6.04 Å². The zero-order valence-electron chi connectivity index (χ0n) is 10.8. The van der Waals surface area contributed by atoms with Crippen LogP contribution in [0.5, 0.6) is 0 Å². The van der Waals surface area contributed by atoms with Gasteiger partial charge in [0.2, 0.25) is 0 Å². The van der Waals surface area contributed by atoms with E-state index in [1.54, 1.807) is 32.2 Å². The molecule has 1 aromatic heterocycles. The molecular weight excluding hydrogens is 244 g/mol. The number of aliphatic carboxylic acids is 1. The number of carbonyl (C=O) groups is 2. The summed E-state index contributed by atoms with van der Waals surface area (Å²) in [6.45, 7) is 3.51. The second-order valence-corrected chi connectivity index (χ2v) is 4.81. The fourth-order valence-corrected chi connectivity index (χ4v) is 1.93. The average molecular weight is 260 g/mol. The minimum Gasteiger partial charge on any atom is -0.480 e. The predicted molar refractivity (Wildman–Crippen MR) is 72.0 cm³/mol. The van der Waals surface area contributed by atoms with Crippen molar-refractivity contribution >= 4 is 22.8 Å². The number of carboxylic acid groups (broad SMARTS) is 1. The van der Waals surface area contributed by atoms with E-state index < -0.39 is 12.0 Å². The van der Waals surface area contributed by atoms with Crippen molar-refractivity contribution in [2.75, 3.05) is 0 Å². The standard InChI is InChI=1S/C14H16N2O3/c1-8(2)12(14(18)19)16-13(17)10-4-3-9-5-6-15-11(9)7-10/h3-8,12,15H,1-2H3,(H,16,17)(H,18,19)/t12-/m1/s1. The maximum Gasteiger partial charge on any atom is 0.326 e. The van der Waals surface area contributed by atoms with Gasteiger partial charge in [0.15, 0.2) is 0 Å². The van der Waals surface area contributed by atoms with Gasteiger partial charge in [-0.25, -0.2) is 4.79 Å². The van der Waals surface area contributed by atoms with E-state index in [4.69, 9.17) is 5.11 Å². The van der Waals surface area contributed by atoms with E-state index in [2.05, 4.69) is 10.3 Å². The fraction of sp³-hybridized carbons (Fsp3) is 0.286. The Hall–Kier alpha value is -2.30. The SMILES string of the molecule is CC(C)[C@@H](NC(=O)c1ccc2cc[nH]c2c1)C(=O)O. The van der Waals surface area contributed by atoms with Crippen molar-refractivity contribution in [3.05, 3.63) is 36.0 Å². The zero-order chi connectivity index (χ0) is 14.0. The lowest BCUT2D eigenvalue weighted by Crippen LogP contribution is -2.44. The van der Waals surface area contributed by atoms with Gasteiger partial charge in [0, 0.05) is 17.3 Å². The molecule has 19 heavy (non-hydrogen) atoms. The normalized spacial score (nSPS) is 12.6. The van der Waals surface area contributed by atoms with E-state index in [0.29, 0.717) is 5.56 Å². The number of hydrogen-bond acceptors (Lipinski definition) is 2. The monoisotopic (exact) mass is 260 g/mol. The van der Waals surface area contributed by atoms with Gasteiger partial charge in [0.25, 0.3) is 5.91 Å². The van der Waals surface area contributed by atoms with Gasteiger partial charge in [-0.15, -0.1) is 0 Å². The van der Waals surface area contributed by atoms with Crippen LogP contribution < -0.4 is 5.32 Å². The number of hydrogen-bond donors (Lipinski definition) is 3. The van der Waals surface area contributed by atoms with Crippen molar-refractivity contribution in [2.45, 2.75) is 19.9 Å². The van der Waals surface area contributed by atoms with E-state index in [-0.39, 0.29) is 11.8 Å². The van der Waals surface area contributed by atoms with Crippen molar-refractivity contribution in [1.82, 2.24) is 10.3 Å². The molecule has 1 aromatic carbocycles. The maximum atomic E-state index is 12.0. The first-order valence-corrected chi connectivity index (χ1v) is 6.10. The Morgan fingerprint density at radius 2 is 2.00 bits per heavy atom. The van der Waals surface area contributed by atoms with Crippen molar-refractivity contribution < 1.29 is 14.7 Å². The third kappa shape index (κ3) is 2.76. The van der Waals surface area contributed by atoms with Gasteiger partial charge >= 0.3 is 5.97 Å². The van der Waals surface area contributed by atoms with Crippen LogP contribution in [0.2, 0.25) is 0 Å². The summed E-state index contributed by atoms with van der Waals surface area (Å²) in [7, 11) is 0. The van der Waals surface area contributed by atoms with Crippen LogP contribution in [0, 0.1) is 5.92 Å². The highest BCUT2D eigenvalue weighted by atomic mass is 16.4. The summed E-state index contributed by atoms with van der Waals surface area (Å²) < 4.78 is 0. The summed E-state index contributed by atoms with van der Waals surface area (Å²) in [4.78, 5) is 26.1. The zero-order valence-corrected chi connectivity index (χ0v) is 10.8. The summed E-state index contributed by atoms with van der Waals surface area (Å²) >= 11 is 0. The highest BCUT2D eigenvalue weighted by Crippen LogP contribution is 2.14. The topological polar surface area (TPSA) is 82.2 Å². The van der Waals surface area contributed by atoms with E-state index in [9.17, 15) is 9.59 Å². The minimum absolute atomic E-state index is 0.171. The van der Waals surface area contributed by atoms with Crippen LogP contribution in [-0.2, 0) is 4.79 Å². The molecule has 0 aliphatic heterocycles. The molecule has 100 valence electrons. The van der Waals surface area contributed by atoms with Crippen LogP contribution >= 0.6 is 0 Å². The number of aromatic amines is 1. The van der Waals surface area contributed by atoms with Crippen LogP contribution in [-0.4, -0.2) is 28.0 Å². The molecule has 0 radical (unpaired) electrons. The molecular formula is C14H16N2O3. The number of aromatic nitrogens is 1. The summed E-state index contributed by atoms with van der Waals surface area (Å²) in [5.74, 6) is -1.57. The molecule has 0 aliphatic rings. The fourth-order valence-electron chi connectivity index (χ4n) is 1.93. The molecule has 0 unspecified atom stereocenters. The van der Waals surface area contributed by atoms with Crippen LogP contribution in [0.1, 0.15) is 24.2 Å². The third-order valence-corrected chi connectivity index (χ3v) is 3.04. The molecule has 1 atom stereocenters. The second kappa shape index (κ2) is 5.14. The molecule has 1 heterocycles. The molecule has 2 rings (SSSR count). The Kier molecular flexibility index (Phi) is 3.55. The first kappa shape index (κ1) is 13.1. The average Bonchev–Trinajstić information content (AvgIpc) is 2.81. The first-order chi connectivity index (χ1) is 8.99. The number of H-pyrrole nitrogens is 1. The third-order valence-electron chi connectivity index (χ3n) is 3.04. The summed E-state index contributed by atoms with van der Waals surface area (Å²) in [6, 6.07) is 6.25. The lowest BCUT2D eigenvalue weighted by atomic mass is 10.0. The van der Waals surface area contributed by atoms with Crippen molar-refractivity contribution in [3.8, 4) is 0 Å². The number of nitrogens with one attached hydrogen (secondary N) is 2. The number of fused-ring (bicyclic) bond motifs is 1. The minimum atomic E-state index is -1.02. The molecule has 3 N–H and O–H groups in total. The van der Waals surface area contributed by atoms with Crippen molar-refractivity contribution in [3.63, 3.8) is 0 Å². The molecule has 5 heteroatoms. The van der Waals surface area contributed by atoms with Gasteiger partial charge in [-0.1, -0.05) is 19.9 Å². The Morgan fingerprint density at radius 1 is 1.26 bits per heavy atom. The first-order valence-electron chi connectivity index (χ1n) is 6.10. The highest BCUT2D eigenvalue weighted by Gasteiger charge is 2.23. The molecule has 0 saturated heterocycles. The maximum absolute atomic E-state index is 12.0. The summed E-state index contributed by atoms with van der Waals surface area (Å²) in [6.07, 6.45) is 1.79. The molecule has 0 saturated carbocycles. The predicted octanol–water partition coefficient (Wildman–Crippen LogP) is 2.01.